The van der Waals surface area contributed by atoms with Gasteiger partial charge in [0.1, 0.15) is 5.82 Å². The Morgan fingerprint density at radius 3 is 2.34 bits per heavy atom. The minimum absolute atomic E-state index is 0.0451. The molecular formula is C25H31FN2O3S. The highest BCUT2D eigenvalue weighted by atomic mass is 32.2. The molecule has 1 aliphatic heterocycles. The topological polar surface area (TPSA) is 66.5 Å². The van der Waals surface area contributed by atoms with Crippen LogP contribution in [0.3, 0.4) is 0 Å². The van der Waals surface area contributed by atoms with Crippen LogP contribution in [0.2, 0.25) is 0 Å². The Labute approximate surface area is 190 Å². The van der Waals surface area contributed by atoms with Crippen LogP contribution in [0.15, 0.2) is 53.4 Å². The van der Waals surface area contributed by atoms with Gasteiger partial charge in [-0.3, -0.25) is 4.79 Å². The van der Waals surface area contributed by atoms with Crippen LogP contribution in [0.4, 0.5) is 4.39 Å². The van der Waals surface area contributed by atoms with Gasteiger partial charge in [-0.2, -0.15) is 4.31 Å². The fraction of sp³-hybridized carbons (Fsp3) is 0.480. The zero-order valence-electron chi connectivity index (χ0n) is 18.3. The number of rotatable bonds is 5. The largest absolute Gasteiger partial charge is 0.353 e. The molecule has 1 saturated carbocycles. The van der Waals surface area contributed by atoms with Crippen LogP contribution in [-0.2, 0) is 21.2 Å². The number of nitrogens with one attached hydrogen (secondary N) is 1. The van der Waals surface area contributed by atoms with Crippen LogP contribution in [0.1, 0.15) is 68.5 Å². The van der Waals surface area contributed by atoms with Gasteiger partial charge in [-0.1, -0.05) is 56.4 Å². The first-order chi connectivity index (χ1) is 15.4. The van der Waals surface area contributed by atoms with Crippen molar-refractivity contribution in [3.8, 4) is 0 Å². The molecule has 1 N–H and O–H groups in total. The van der Waals surface area contributed by atoms with Gasteiger partial charge >= 0.3 is 0 Å². The molecule has 1 unspecified atom stereocenters. The molecule has 1 aliphatic carbocycles. The summed E-state index contributed by atoms with van der Waals surface area (Å²) in [6, 6.07) is 12.2. The van der Waals surface area contributed by atoms with Crippen molar-refractivity contribution in [1.82, 2.24) is 9.62 Å². The third-order valence-corrected chi connectivity index (χ3v) is 8.55. The van der Waals surface area contributed by atoms with E-state index in [1.54, 1.807) is 0 Å². The normalized spacial score (nSPS) is 20.7. The fourth-order valence-corrected chi connectivity index (χ4v) is 6.54. The van der Waals surface area contributed by atoms with Crippen molar-refractivity contribution in [3.63, 3.8) is 0 Å². The standard InChI is InChI=1S/C25H31FN2O3S/c26-20-12-14-22(15-13-20)32(30,31)28-17-16-19-8-6-7-11-23(19)24(28)18-25(29)27-21-9-4-2-1-3-5-10-21/h6-8,11-15,21,24H,1-5,9-10,16-18H2,(H,27,29). The van der Waals surface area contributed by atoms with Crippen LogP contribution in [0.5, 0.6) is 0 Å². The van der Waals surface area contributed by atoms with E-state index in [4.69, 9.17) is 0 Å². The van der Waals surface area contributed by atoms with Gasteiger partial charge < -0.3 is 5.32 Å². The molecule has 2 aromatic rings. The predicted octanol–water partition coefficient (Wildman–Crippen LogP) is 4.73. The molecule has 0 spiro atoms. The van der Waals surface area contributed by atoms with Crippen molar-refractivity contribution in [2.24, 2.45) is 0 Å². The molecule has 1 heterocycles. The van der Waals surface area contributed by atoms with E-state index < -0.39 is 21.9 Å². The lowest BCUT2D eigenvalue weighted by Crippen LogP contribution is -2.43. The van der Waals surface area contributed by atoms with E-state index in [1.165, 1.54) is 35.7 Å². The molecule has 0 aromatic heterocycles. The number of hydrogen-bond acceptors (Lipinski definition) is 3. The smallest absolute Gasteiger partial charge is 0.243 e. The first-order valence-electron chi connectivity index (χ1n) is 11.6. The summed E-state index contributed by atoms with van der Waals surface area (Å²) in [5.74, 6) is -0.598. The zero-order valence-corrected chi connectivity index (χ0v) is 19.1. The Kier molecular flexibility index (Phi) is 7.26. The maximum absolute atomic E-state index is 13.4. The number of fused-ring (bicyclic) bond motifs is 1. The van der Waals surface area contributed by atoms with Crippen molar-refractivity contribution in [3.05, 3.63) is 65.5 Å². The molecule has 7 heteroatoms. The highest BCUT2D eigenvalue weighted by molar-refractivity contribution is 7.89. The SMILES string of the molecule is O=C(CC1c2ccccc2CCN1S(=O)(=O)c1ccc(F)cc1)NC1CCCCCCC1. The maximum atomic E-state index is 13.4. The van der Waals surface area contributed by atoms with Gasteiger partial charge in [0.05, 0.1) is 10.9 Å². The average molecular weight is 459 g/mol. The number of halogens is 1. The van der Waals surface area contributed by atoms with E-state index in [0.717, 1.165) is 48.9 Å². The van der Waals surface area contributed by atoms with Gasteiger partial charge in [-0.05, 0) is 54.7 Å². The third kappa shape index (κ3) is 5.21. The van der Waals surface area contributed by atoms with Gasteiger partial charge in [-0.15, -0.1) is 0 Å². The highest BCUT2D eigenvalue weighted by Crippen LogP contribution is 2.36. The quantitative estimate of drug-likeness (QED) is 0.704. The maximum Gasteiger partial charge on any atom is 0.243 e. The molecular weight excluding hydrogens is 427 g/mol. The van der Waals surface area contributed by atoms with Crippen LogP contribution in [0.25, 0.3) is 0 Å². The lowest BCUT2D eigenvalue weighted by Gasteiger charge is -2.36. The van der Waals surface area contributed by atoms with Gasteiger partial charge in [-0.25, -0.2) is 12.8 Å². The van der Waals surface area contributed by atoms with E-state index in [0.29, 0.717) is 6.42 Å². The number of sulfonamides is 1. The summed E-state index contributed by atoms with van der Waals surface area (Å²) in [5.41, 5.74) is 1.94. The highest BCUT2D eigenvalue weighted by Gasteiger charge is 2.37. The second-order valence-corrected chi connectivity index (χ2v) is 10.7. The number of carbonyl (C=O) groups excluding carboxylic acids is 1. The fourth-order valence-electron chi connectivity index (χ4n) is 4.93. The molecule has 0 bridgehead atoms. The van der Waals surface area contributed by atoms with E-state index in [2.05, 4.69) is 5.32 Å². The average Bonchev–Trinajstić information content (AvgIpc) is 2.76. The Morgan fingerprint density at radius 2 is 1.62 bits per heavy atom. The summed E-state index contributed by atoms with van der Waals surface area (Å²) in [7, 11) is -3.87. The molecule has 32 heavy (non-hydrogen) atoms. The number of benzene rings is 2. The molecule has 2 aliphatic rings. The van der Waals surface area contributed by atoms with E-state index in [1.807, 2.05) is 24.3 Å². The van der Waals surface area contributed by atoms with Crippen molar-refractivity contribution in [2.75, 3.05) is 6.54 Å². The van der Waals surface area contributed by atoms with E-state index >= 15 is 0 Å². The molecule has 172 valence electrons. The Hall–Kier alpha value is -2.25. The van der Waals surface area contributed by atoms with Gasteiger partial charge in [0.25, 0.3) is 0 Å². The number of hydrogen-bond donors (Lipinski definition) is 1. The molecule has 5 nitrogen and oxygen atoms in total. The van der Waals surface area contributed by atoms with Gasteiger partial charge in [0, 0.05) is 19.0 Å². The number of nitrogens with zero attached hydrogens (tertiary/aromatic N) is 1. The summed E-state index contributed by atoms with van der Waals surface area (Å²) in [5, 5.41) is 3.17. The lowest BCUT2D eigenvalue weighted by atomic mass is 9.92. The summed E-state index contributed by atoms with van der Waals surface area (Å²) >= 11 is 0. The van der Waals surface area contributed by atoms with Crippen LogP contribution < -0.4 is 5.32 Å². The summed E-state index contributed by atoms with van der Waals surface area (Å²) in [6.07, 6.45) is 8.50. The minimum atomic E-state index is -3.87. The van der Waals surface area contributed by atoms with Crippen molar-refractivity contribution in [1.29, 1.82) is 0 Å². The van der Waals surface area contributed by atoms with Crippen molar-refractivity contribution in [2.45, 2.75) is 74.8 Å². The lowest BCUT2D eigenvalue weighted by molar-refractivity contribution is -0.122. The Morgan fingerprint density at radius 1 is 0.969 bits per heavy atom. The molecule has 2 aromatic carbocycles. The van der Waals surface area contributed by atoms with Gasteiger partial charge in [0.15, 0.2) is 0 Å². The first-order valence-corrected chi connectivity index (χ1v) is 13.0. The molecule has 1 fully saturated rings. The molecule has 4 rings (SSSR count). The van der Waals surface area contributed by atoms with Crippen LogP contribution in [-0.4, -0.2) is 31.2 Å². The predicted molar refractivity (Wildman–Crippen MR) is 122 cm³/mol. The van der Waals surface area contributed by atoms with E-state index in [9.17, 15) is 17.6 Å². The zero-order chi connectivity index (χ0) is 22.6. The summed E-state index contributed by atoms with van der Waals surface area (Å²) in [6.45, 7) is 0.290. The second kappa shape index (κ2) is 10.1. The Bertz CT molecular complexity index is 1030. The third-order valence-electron chi connectivity index (χ3n) is 6.63. The van der Waals surface area contributed by atoms with Crippen LogP contribution >= 0.6 is 0 Å². The monoisotopic (exact) mass is 458 g/mol. The molecule has 0 saturated heterocycles. The molecule has 0 radical (unpaired) electrons. The number of carbonyl (C=O) groups is 1. The van der Waals surface area contributed by atoms with Crippen molar-refractivity contribution >= 4 is 15.9 Å². The molecule has 1 atom stereocenters. The molecule has 1 amide bonds. The minimum Gasteiger partial charge on any atom is -0.353 e. The number of amides is 1. The summed E-state index contributed by atoms with van der Waals surface area (Å²) in [4.78, 5) is 13.1. The van der Waals surface area contributed by atoms with Crippen LogP contribution in [0, 0.1) is 5.82 Å². The van der Waals surface area contributed by atoms with E-state index in [-0.39, 0.29) is 29.8 Å². The van der Waals surface area contributed by atoms with Gasteiger partial charge in [0.2, 0.25) is 15.9 Å². The van der Waals surface area contributed by atoms with Crippen molar-refractivity contribution < 1.29 is 17.6 Å². The first kappa shape index (κ1) is 22.9. The second-order valence-electron chi connectivity index (χ2n) is 8.85. The summed E-state index contributed by atoms with van der Waals surface area (Å²) < 4.78 is 41.7. The Balaban J connectivity index is 1.58.